The van der Waals surface area contributed by atoms with Gasteiger partial charge in [-0.05, 0) is 29.7 Å². The van der Waals surface area contributed by atoms with E-state index in [2.05, 4.69) is 4.72 Å². The van der Waals surface area contributed by atoms with Crippen molar-refractivity contribution < 1.29 is 12.8 Å². The SMILES string of the molecule is CC(C)(C)c1ccc(S(=O)(=O)Nc2cc(F)ccc2N)s1. The van der Waals surface area contributed by atoms with E-state index in [-0.39, 0.29) is 21.0 Å². The predicted octanol–water partition coefficient (Wildman–Crippen LogP) is 3.57. The first-order chi connectivity index (χ1) is 9.59. The minimum Gasteiger partial charge on any atom is -0.397 e. The zero-order valence-corrected chi connectivity index (χ0v) is 13.6. The molecule has 1 aromatic carbocycles. The van der Waals surface area contributed by atoms with Crippen LogP contribution in [0.4, 0.5) is 15.8 Å². The van der Waals surface area contributed by atoms with Crippen LogP contribution < -0.4 is 10.5 Å². The van der Waals surface area contributed by atoms with Crippen LogP contribution in [0.25, 0.3) is 0 Å². The van der Waals surface area contributed by atoms with Crippen LogP contribution >= 0.6 is 11.3 Å². The van der Waals surface area contributed by atoms with E-state index in [0.29, 0.717) is 0 Å². The quantitative estimate of drug-likeness (QED) is 0.846. The Balaban J connectivity index is 2.35. The lowest BCUT2D eigenvalue weighted by molar-refractivity contribution is 0.603. The summed E-state index contributed by atoms with van der Waals surface area (Å²) in [5, 5.41) is 0. The molecule has 0 aliphatic carbocycles. The molecule has 0 atom stereocenters. The summed E-state index contributed by atoms with van der Waals surface area (Å²) in [4.78, 5) is 0.954. The topological polar surface area (TPSA) is 72.2 Å². The van der Waals surface area contributed by atoms with Gasteiger partial charge in [0.25, 0.3) is 10.0 Å². The molecule has 0 aliphatic rings. The maximum atomic E-state index is 13.2. The fraction of sp³-hybridized carbons (Fsp3) is 0.286. The molecular formula is C14H17FN2O2S2. The highest BCUT2D eigenvalue weighted by Crippen LogP contribution is 2.33. The third-order valence-electron chi connectivity index (χ3n) is 2.85. The van der Waals surface area contributed by atoms with Crippen LogP contribution in [0, 0.1) is 5.82 Å². The van der Waals surface area contributed by atoms with Gasteiger partial charge in [-0.2, -0.15) is 0 Å². The maximum Gasteiger partial charge on any atom is 0.271 e. The predicted molar refractivity (Wildman–Crippen MR) is 84.6 cm³/mol. The summed E-state index contributed by atoms with van der Waals surface area (Å²) in [5.74, 6) is -0.552. The average molecular weight is 328 g/mol. The van der Waals surface area contributed by atoms with Gasteiger partial charge < -0.3 is 5.73 Å². The summed E-state index contributed by atoms with van der Waals surface area (Å²) >= 11 is 1.19. The molecule has 0 aliphatic heterocycles. The molecule has 1 aromatic heterocycles. The van der Waals surface area contributed by atoms with Gasteiger partial charge in [0.1, 0.15) is 10.0 Å². The second-order valence-electron chi connectivity index (χ2n) is 5.71. The first-order valence-corrected chi connectivity index (χ1v) is 8.58. The molecule has 4 nitrogen and oxygen atoms in total. The summed E-state index contributed by atoms with van der Waals surface area (Å²) < 4.78 is 40.4. The first kappa shape index (κ1) is 15.8. The smallest absolute Gasteiger partial charge is 0.271 e. The van der Waals surface area contributed by atoms with Crippen molar-refractivity contribution in [1.82, 2.24) is 0 Å². The summed E-state index contributed by atoms with van der Waals surface area (Å²) in [6.45, 7) is 6.02. The number of hydrogen-bond donors (Lipinski definition) is 2. The second-order valence-corrected chi connectivity index (χ2v) is 8.70. The number of nitrogens with one attached hydrogen (secondary N) is 1. The zero-order chi connectivity index (χ0) is 15.8. The molecule has 3 N–H and O–H groups in total. The Labute approximate surface area is 127 Å². The van der Waals surface area contributed by atoms with Gasteiger partial charge in [-0.1, -0.05) is 20.8 Å². The lowest BCUT2D eigenvalue weighted by Crippen LogP contribution is -2.13. The zero-order valence-electron chi connectivity index (χ0n) is 12.0. The molecule has 1 heterocycles. The largest absolute Gasteiger partial charge is 0.397 e. The molecule has 0 bridgehead atoms. The number of sulfonamides is 1. The van der Waals surface area contributed by atoms with Crippen LogP contribution in [-0.4, -0.2) is 8.42 Å². The molecule has 0 spiro atoms. The Morgan fingerprint density at radius 1 is 1.19 bits per heavy atom. The first-order valence-electron chi connectivity index (χ1n) is 6.28. The van der Waals surface area contributed by atoms with Crippen LogP contribution in [0.15, 0.2) is 34.5 Å². The van der Waals surface area contributed by atoms with Gasteiger partial charge in [0.2, 0.25) is 0 Å². The van der Waals surface area contributed by atoms with E-state index in [1.54, 1.807) is 12.1 Å². The van der Waals surface area contributed by atoms with E-state index in [0.717, 1.165) is 10.9 Å². The maximum absolute atomic E-state index is 13.2. The molecule has 0 amide bonds. The van der Waals surface area contributed by atoms with Crippen LogP contribution in [0.2, 0.25) is 0 Å². The highest BCUT2D eigenvalue weighted by molar-refractivity contribution is 7.94. The Kier molecular flexibility index (Phi) is 3.99. The number of thiophene rings is 1. The molecule has 2 aromatic rings. The van der Waals surface area contributed by atoms with E-state index in [1.165, 1.54) is 23.5 Å². The number of nitrogens with two attached hydrogens (primary N) is 1. The molecule has 0 saturated heterocycles. The van der Waals surface area contributed by atoms with Crippen molar-refractivity contribution in [2.75, 3.05) is 10.5 Å². The number of anilines is 2. The third-order valence-corrected chi connectivity index (χ3v) is 6.21. The molecule has 0 saturated carbocycles. The molecule has 0 fully saturated rings. The van der Waals surface area contributed by atoms with Crippen LogP contribution in [0.5, 0.6) is 0 Å². The lowest BCUT2D eigenvalue weighted by Gasteiger charge is -2.15. The monoisotopic (exact) mass is 328 g/mol. The third kappa shape index (κ3) is 3.54. The summed E-state index contributed by atoms with van der Waals surface area (Å²) in [6, 6.07) is 6.89. The standard InChI is InChI=1S/C14H17FN2O2S2/c1-14(2,3)12-6-7-13(20-12)21(18,19)17-11-8-9(15)4-5-10(11)16/h4-8,17H,16H2,1-3H3. The fourth-order valence-electron chi connectivity index (χ4n) is 1.68. The summed E-state index contributed by atoms with van der Waals surface area (Å²) in [6.07, 6.45) is 0. The van der Waals surface area contributed by atoms with E-state index in [4.69, 9.17) is 5.73 Å². The molecule has 114 valence electrons. The van der Waals surface area contributed by atoms with E-state index in [1.807, 2.05) is 20.8 Å². The van der Waals surface area contributed by atoms with Gasteiger partial charge in [0, 0.05) is 10.9 Å². The molecule has 7 heteroatoms. The van der Waals surface area contributed by atoms with Gasteiger partial charge in [-0.25, -0.2) is 12.8 Å². The Bertz CT molecular complexity index is 762. The van der Waals surface area contributed by atoms with Crippen molar-refractivity contribution in [2.24, 2.45) is 0 Å². The molecule has 0 unspecified atom stereocenters. The van der Waals surface area contributed by atoms with Crippen LogP contribution in [0.3, 0.4) is 0 Å². The van der Waals surface area contributed by atoms with Crippen molar-refractivity contribution in [3.8, 4) is 0 Å². The number of nitrogen functional groups attached to an aromatic ring is 1. The Morgan fingerprint density at radius 2 is 1.86 bits per heavy atom. The van der Waals surface area contributed by atoms with Crippen molar-refractivity contribution in [3.63, 3.8) is 0 Å². The van der Waals surface area contributed by atoms with Crippen LogP contribution in [-0.2, 0) is 15.4 Å². The van der Waals surface area contributed by atoms with Crippen molar-refractivity contribution >= 4 is 32.7 Å². The second kappa shape index (κ2) is 5.31. The van der Waals surface area contributed by atoms with Crippen LogP contribution in [0.1, 0.15) is 25.6 Å². The highest BCUT2D eigenvalue weighted by Gasteiger charge is 2.22. The Morgan fingerprint density at radius 3 is 2.43 bits per heavy atom. The van der Waals surface area contributed by atoms with Gasteiger partial charge in [0.15, 0.2) is 0 Å². The fourth-order valence-corrected chi connectivity index (χ4v) is 4.12. The highest BCUT2D eigenvalue weighted by atomic mass is 32.2. The minimum atomic E-state index is -3.77. The molecular weight excluding hydrogens is 311 g/mol. The average Bonchev–Trinajstić information content (AvgIpc) is 2.83. The van der Waals surface area contributed by atoms with Gasteiger partial charge >= 0.3 is 0 Å². The number of benzene rings is 1. The van der Waals surface area contributed by atoms with Gasteiger partial charge in [-0.3, -0.25) is 4.72 Å². The summed E-state index contributed by atoms with van der Waals surface area (Å²) in [5.41, 5.74) is 5.75. The number of hydrogen-bond acceptors (Lipinski definition) is 4. The van der Waals surface area contributed by atoms with E-state index >= 15 is 0 Å². The van der Waals surface area contributed by atoms with Gasteiger partial charge in [0.05, 0.1) is 11.4 Å². The number of rotatable bonds is 3. The molecule has 21 heavy (non-hydrogen) atoms. The molecule has 0 radical (unpaired) electrons. The van der Waals surface area contributed by atoms with Crippen molar-refractivity contribution in [1.29, 1.82) is 0 Å². The van der Waals surface area contributed by atoms with E-state index in [9.17, 15) is 12.8 Å². The van der Waals surface area contributed by atoms with Crippen molar-refractivity contribution in [2.45, 2.75) is 30.4 Å². The normalized spacial score (nSPS) is 12.4. The van der Waals surface area contributed by atoms with Gasteiger partial charge in [-0.15, -0.1) is 11.3 Å². The summed E-state index contributed by atoms with van der Waals surface area (Å²) in [7, 11) is -3.77. The molecule has 2 rings (SSSR count). The van der Waals surface area contributed by atoms with Crippen molar-refractivity contribution in [3.05, 3.63) is 41.0 Å². The lowest BCUT2D eigenvalue weighted by atomic mass is 9.95. The van der Waals surface area contributed by atoms with E-state index < -0.39 is 15.8 Å². The number of halogens is 1. The Hall–Kier alpha value is -1.60. The minimum absolute atomic E-state index is 0.0423.